The van der Waals surface area contributed by atoms with Crippen LogP contribution in [0.25, 0.3) is 28.4 Å². The van der Waals surface area contributed by atoms with Gasteiger partial charge in [0.25, 0.3) is 0 Å². The Hall–Kier alpha value is -2.81. The Kier molecular flexibility index (Phi) is 2.88. The van der Waals surface area contributed by atoms with Gasteiger partial charge >= 0.3 is 0 Å². The molecule has 3 rings (SSSR count). The number of hydrogen-bond donors (Lipinski definition) is 1. The molecule has 0 atom stereocenters. The van der Waals surface area contributed by atoms with Crippen LogP contribution in [-0.4, -0.2) is 5.11 Å². The lowest BCUT2D eigenvalue weighted by Crippen LogP contribution is -2.02. The molecule has 0 fully saturated rings. The molecule has 0 spiro atoms. The number of para-hydroxylation sites is 1. The Labute approximate surface area is 115 Å². The molecule has 98 valence electrons. The Morgan fingerprint density at radius 3 is 2.55 bits per heavy atom. The van der Waals surface area contributed by atoms with Crippen molar-refractivity contribution in [3.63, 3.8) is 0 Å². The van der Waals surface area contributed by atoms with Crippen LogP contribution in [-0.2, 0) is 0 Å². The van der Waals surface area contributed by atoms with Crippen molar-refractivity contribution in [1.29, 1.82) is 0 Å². The molecule has 0 aliphatic rings. The summed E-state index contributed by atoms with van der Waals surface area (Å²) >= 11 is 0. The first-order chi connectivity index (χ1) is 9.72. The van der Waals surface area contributed by atoms with Crippen LogP contribution in [0.1, 0.15) is 5.56 Å². The Balaban J connectivity index is 2.40. The average molecular weight is 264 g/mol. The first kappa shape index (κ1) is 12.2. The molecule has 0 saturated carbocycles. The van der Waals surface area contributed by atoms with Gasteiger partial charge in [0, 0.05) is 5.56 Å². The van der Waals surface area contributed by atoms with Crippen molar-refractivity contribution in [3.8, 4) is 17.1 Å². The Morgan fingerprint density at radius 2 is 1.75 bits per heavy atom. The highest BCUT2D eigenvalue weighted by atomic mass is 16.4. The van der Waals surface area contributed by atoms with Gasteiger partial charge < -0.3 is 9.52 Å². The molecule has 3 aromatic rings. The molecule has 3 nitrogen and oxygen atoms in total. The third kappa shape index (κ3) is 1.80. The number of hydrogen-bond acceptors (Lipinski definition) is 3. The van der Waals surface area contributed by atoms with Gasteiger partial charge in [0.05, 0.1) is 5.39 Å². The average Bonchev–Trinajstić information content (AvgIpc) is 2.51. The van der Waals surface area contributed by atoms with Crippen LogP contribution in [0, 0.1) is 0 Å². The number of fused-ring (bicyclic) bond motifs is 1. The minimum Gasteiger partial charge on any atom is -0.502 e. The summed E-state index contributed by atoms with van der Waals surface area (Å²) in [5, 5.41) is 10.5. The standard InChI is InChI=1S/C17H12O3/c1-2-11-7-3-4-8-12(11)17-16(19)15(18)13-9-5-6-10-14(13)20-17/h2-10,19H,1H2. The van der Waals surface area contributed by atoms with E-state index in [0.29, 0.717) is 16.5 Å². The number of benzene rings is 2. The maximum atomic E-state index is 12.2. The topological polar surface area (TPSA) is 50.4 Å². The van der Waals surface area contributed by atoms with E-state index >= 15 is 0 Å². The van der Waals surface area contributed by atoms with Crippen LogP contribution in [0.3, 0.4) is 0 Å². The molecule has 0 aliphatic heterocycles. The second-order valence-electron chi connectivity index (χ2n) is 4.40. The summed E-state index contributed by atoms with van der Waals surface area (Å²) in [6.45, 7) is 3.73. The van der Waals surface area contributed by atoms with E-state index in [4.69, 9.17) is 4.42 Å². The summed E-state index contributed by atoms with van der Waals surface area (Å²) < 4.78 is 5.70. The fraction of sp³-hybridized carbons (Fsp3) is 0. The molecule has 1 heterocycles. The fourth-order valence-corrected chi connectivity index (χ4v) is 2.20. The molecular weight excluding hydrogens is 252 g/mol. The Morgan fingerprint density at radius 1 is 1.05 bits per heavy atom. The van der Waals surface area contributed by atoms with Gasteiger partial charge in [-0.3, -0.25) is 4.79 Å². The van der Waals surface area contributed by atoms with E-state index in [0.717, 1.165) is 5.56 Å². The quantitative estimate of drug-likeness (QED) is 0.765. The van der Waals surface area contributed by atoms with Gasteiger partial charge in [0.15, 0.2) is 5.76 Å². The van der Waals surface area contributed by atoms with Crippen molar-refractivity contribution in [2.75, 3.05) is 0 Å². The second-order valence-corrected chi connectivity index (χ2v) is 4.40. The minimum atomic E-state index is -0.430. The van der Waals surface area contributed by atoms with Crippen molar-refractivity contribution in [3.05, 3.63) is 70.9 Å². The molecule has 20 heavy (non-hydrogen) atoms. The van der Waals surface area contributed by atoms with Gasteiger partial charge in [0.2, 0.25) is 11.2 Å². The summed E-state index contributed by atoms with van der Waals surface area (Å²) in [4.78, 5) is 12.2. The summed E-state index contributed by atoms with van der Waals surface area (Å²) in [6, 6.07) is 14.1. The number of rotatable bonds is 2. The summed E-state index contributed by atoms with van der Waals surface area (Å²) in [7, 11) is 0. The molecule has 0 amide bonds. The zero-order valence-corrected chi connectivity index (χ0v) is 10.7. The zero-order valence-electron chi connectivity index (χ0n) is 10.7. The van der Waals surface area contributed by atoms with Gasteiger partial charge in [-0.2, -0.15) is 0 Å². The van der Waals surface area contributed by atoms with Crippen molar-refractivity contribution >= 4 is 17.0 Å². The first-order valence-electron chi connectivity index (χ1n) is 6.19. The van der Waals surface area contributed by atoms with E-state index in [1.54, 1.807) is 36.4 Å². The molecular formula is C17H12O3. The molecule has 0 radical (unpaired) electrons. The van der Waals surface area contributed by atoms with Crippen LogP contribution < -0.4 is 5.43 Å². The van der Waals surface area contributed by atoms with Crippen LogP contribution in [0.5, 0.6) is 5.75 Å². The highest BCUT2D eigenvalue weighted by Crippen LogP contribution is 2.32. The van der Waals surface area contributed by atoms with Gasteiger partial charge in [0.1, 0.15) is 5.58 Å². The van der Waals surface area contributed by atoms with Gasteiger partial charge in [-0.1, -0.05) is 49.1 Å². The van der Waals surface area contributed by atoms with E-state index in [9.17, 15) is 9.90 Å². The van der Waals surface area contributed by atoms with E-state index in [1.807, 2.05) is 18.2 Å². The molecule has 2 aromatic carbocycles. The molecule has 0 aliphatic carbocycles. The molecule has 3 heteroatoms. The third-order valence-electron chi connectivity index (χ3n) is 3.20. The maximum Gasteiger partial charge on any atom is 0.235 e. The molecule has 0 unspecified atom stereocenters. The van der Waals surface area contributed by atoms with Crippen molar-refractivity contribution in [2.24, 2.45) is 0 Å². The van der Waals surface area contributed by atoms with E-state index in [-0.39, 0.29) is 11.5 Å². The van der Waals surface area contributed by atoms with Gasteiger partial charge in [-0.05, 0) is 17.7 Å². The lowest BCUT2D eigenvalue weighted by Gasteiger charge is -2.08. The minimum absolute atomic E-state index is 0.171. The zero-order chi connectivity index (χ0) is 14.1. The maximum absolute atomic E-state index is 12.2. The van der Waals surface area contributed by atoms with Crippen LogP contribution >= 0.6 is 0 Å². The van der Waals surface area contributed by atoms with E-state index in [1.165, 1.54) is 0 Å². The van der Waals surface area contributed by atoms with Crippen LogP contribution in [0.2, 0.25) is 0 Å². The molecule has 1 N–H and O–H groups in total. The highest BCUT2D eigenvalue weighted by Gasteiger charge is 2.16. The largest absolute Gasteiger partial charge is 0.502 e. The molecule has 0 saturated heterocycles. The first-order valence-corrected chi connectivity index (χ1v) is 6.19. The number of aromatic hydroxyl groups is 1. The predicted molar refractivity (Wildman–Crippen MR) is 79.7 cm³/mol. The molecule has 0 bridgehead atoms. The van der Waals surface area contributed by atoms with E-state index in [2.05, 4.69) is 6.58 Å². The normalized spacial score (nSPS) is 10.6. The van der Waals surface area contributed by atoms with E-state index < -0.39 is 5.43 Å². The smallest absolute Gasteiger partial charge is 0.235 e. The van der Waals surface area contributed by atoms with Gasteiger partial charge in [-0.15, -0.1) is 0 Å². The summed E-state index contributed by atoms with van der Waals surface area (Å²) in [5.41, 5.74) is 1.45. The summed E-state index contributed by atoms with van der Waals surface area (Å²) in [6.07, 6.45) is 1.66. The predicted octanol–water partition coefficient (Wildman–Crippen LogP) is 3.81. The third-order valence-corrected chi connectivity index (χ3v) is 3.20. The SMILES string of the molecule is C=Cc1ccccc1-c1oc2ccccc2c(=O)c1O. The van der Waals surface area contributed by atoms with Crippen molar-refractivity contribution < 1.29 is 9.52 Å². The second kappa shape index (κ2) is 4.70. The highest BCUT2D eigenvalue weighted by molar-refractivity contribution is 5.83. The van der Waals surface area contributed by atoms with Crippen LogP contribution in [0.15, 0.2) is 64.3 Å². The summed E-state index contributed by atoms with van der Waals surface area (Å²) in [5.74, 6) is -0.206. The fourth-order valence-electron chi connectivity index (χ4n) is 2.20. The molecule has 1 aromatic heterocycles. The van der Waals surface area contributed by atoms with Crippen molar-refractivity contribution in [1.82, 2.24) is 0 Å². The van der Waals surface area contributed by atoms with Gasteiger partial charge in [-0.25, -0.2) is 0 Å². The Bertz CT molecular complexity index is 859. The van der Waals surface area contributed by atoms with Crippen molar-refractivity contribution in [2.45, 2.75) is 0 Å². The van der Waals surface area contributed by atoms with Crippen LogP contribution in [0.4, 0.5) is 0 Å². The lowest BCUT2D eigenvalue weighted by atomic mass is 10.0. The lowest BCUT2D eigenvalue weighted by molar-refractivity contribution is 0.449. The monoisotopic (exact) mass is 264 g/mol.